The van der Waals surface area contributed by atoms with E-state index in [2.05, 4.69) is 0 Å². The molecule has 9 nitrogen and oxygen atoms in total. The lowest BCUT2D eigenvalue weighted by Crippen LogP contribution is -2.56. The number of carbonyl (C=O) groups is 1. The molecule has 1 aromatic rings. The SMILES string of the molecule is CC(C)(C)[C@](OC(N)=O)(c1ccc(N2CCOCC2)c(F)c1)C(O)C[N+](=O)[O-]. The number of aliphatic hydroxyl groups excluding tert-OH is 1. The van der Waals surface area contributed by atoms with Crippen molar-refractivity contribution in [3.8, 4) is 0 Å². The molecule has 0 bridgehead atoms. The maximum absolute atomic E-state index is 14.9. The molecule has 1 saturated heterocycles. The monoisotopic (exact) mass is 399 g/mol. The number of nitrogens with zero attached hydrogens (tertiary/aromatic N) is 2. The summed E-state index contributed by atoms with van der Waals surface area (Å²) in [4.78, 5) is 23.7. The molecule has 1 aliphatic heterocycles. The predicted molar refractivity (Wildman–Crippen MR) is 99.1 cm³/mol. The highest BCUT2D eigenvalue weighted by atomic mass is 19.1. The number of morpholine rings is 1. The van der Waals surface area contributed by atoms with Crippen LogP contribution in [0.2, 0.25) is 0 Å². The number of hydrogen-bond donors (Lipinski definition) is 2. The third-order valence-electron chi connectivity index (χ3n) is 4.90. The fourth-order valence-electron chi connectivity index (χ4n) is 3.63. The summed E-state index contributed by atoms with van der Waals surface area (Å²) in [6.07, 6.45) is -2.97. The summed E-state index contributed by atoms with van der Waals surface area (Å²) in [6.45, 7) is 5.92. The normalized spacial score (nSPS) is 18.2. The van der Waals surface area contributed by atoms with Gasteiger partial charge in [-0.3, -0.25) is 10.1 Å². The Morgan fingerprint density at radius 2 is 2.04 bits per heavy atom. The highest BCUT2D eigenvalue weighted by Gasteiger charge is 2.55. The van der Waals surface area contributed by atoms with E-state index >= 15 is 0 Å². The molecule has 0 saturated carbocycles. The van der Waals surface area contributed by atoms with Gasteiger partial charge in [0.1, 0.15) is 5.82 Å². The van der Waals surface area contributed by atoms with Gasteiger partial charge in [-0.25, -0.2) is 9.18 Å². The first-order valence-corrected chi connectivity index (χ1v) is 8.90. The van der Waals surface area contributed by atoms with Crippen molar-refractivity contribution < 1.29 is 28.7 Å². The lowest BCUT2D eigenvalue weighted by atomic mass is 9.68. The summed E-state index contributed by atoms with van der Waals surface area (Å²) in [5.41, 5.74) is 2.67. The van der Waals surface area contributed by atoms with E-state index in [1.54, 1.807) is 20.8 Å². The van der Waals surface area contributed by atoms with Crippen LogP contribution in [0.15, 0.2) is 18.2 Å². The summed E-state index contributed by atoms with van der Waals surface area (Å²) >= 11 is 0. The van der Waals surface area contributed by atoms with Crippen LogP contribution < -0.4 is 10.6 Å². The second-order valence-corrected chi connectivity index (χ2v) is 7.70. The molecular weight excluding hydrogens is 373 g/mol. The molecular formula is C18H26FN3O6. The fraction of sp³-hybridized carbons (Fsp3) is 0.611. The second-order valence-electron chi connectivity index (χ2n) is 7.70. The van der Waals surface area contributed by atoms with Crippen LogP contribution in [-0.4, -0.2) is 55.1 Å². The first-order chi connectivity index (χ1) is 13.0. The van der Waals surface area contributed by atoms with Gasteiger partial charge in [-0.1, -0.05) is 26.8 Å². The molecule has 0 spiro atoms. The average Bonchev–Trinajstić information content (AvgIpc) is 2.58. The Morgan fingerprint density at radius 3 is 2.50 bits per heavy atom. The molecule has 10 heteroatoms. The topological polar surface area (TPSA) is 128 Å². The van der Waals surface area contributed by atoms with Crippen molar-refractivity contribution in [2.45, 2.75) is 32.5 Å². The van der Waals surface area contributed by atoms with E-state index in [1.807, 2.05) is 4.90 Å². The van der Waals surface area contributed by atoms with Crippen LogP contribution >= 0.6 is 0 Å². The molecule has 1 amide bonds. The minimum absolute atomic E-state index is 0.0858. The van der Waals surface area contributed by atoms with Crippen molar-refractivity contribution in [3.05, 3.63) is 39.7 Å². The number of rotatable bonds is 6. The highest BCUT2D eigenvalue weighted by Crippen LogP contribution is 2.46. The Morgan fingerprint density at radius 1 is 1.43 bits per heavy atom. The van der Waals surface area contributed by atoms with Crippen LogP contribution in [0.3, 0.4) is 0 Å². The number of halogens is 1. The Labute approximate surface area is 162 Å². The van der Waals surface area contributed by atoms with Gasteiger partial charge >= 0.3 is 6.09 Å². The van der Waals surface area contributed by atoms with E-state index in [0.29, 0.717) is 32.0 Å². The molecule has 0 aliphatic carbocycles. The maximum Gasteiger partial charge on any atom is 0.405 e. The summed E-state index contributed by atoms with van der Waals surface area (Å²) in [5, 5.41) is 21.7. The smallest absolute Gasteiger partial charge is 0.405 e. The van der Waals surface area contributed by atoms with Gasteiger partial charge in [0.2, 0.25) is 6.54 Å². The zero-order chi connectivity index (χ0) is 21.1. The van der Waals surface area contributed by atoms with Gasteiger partial charge in [-0.05, 0) is 12.1 Å². The van der Waals surface area contributed by atoms with E-state index in [-0.39, 0.29) is 5.56 Å². The molecule has 28 heavy (non-hydrogen) atoms. The van der Waals surface area contributed by atoms with E-state index in [4.69, 9.17) is 15.2 Å². The third-order valence-corrected chi connectivity index (χ3v) is 4.90. The molecule has 1 aromatic carbocycles. The Kier molecular flexibility index (Phi) is 6.45. The van der Waals surface area contributed by atoms with Gasteiger partial charge in [0.05, 0.1) is 18.9 Å². The quantitative estimate of drug-likeness (QED) is 0.550. The molecule has 3 N–H and O–H groups in total. The zero-order valence-corrected chi connectivity index (χ0v) is 16.2. The third kappa shape index (κ3) is 4.33. The minimum atomic E-state index is -1.92. The predicted octanol–water partition coefficient (Wildman–Crippen LogP) is 1.64. The Bertz CT molecular complexity index is 733. The second kappa shape index (κ2) is 8.27. The van der Waals surface area contributed by atoms with Crippen LogP contribution in [0, 0.1) is 21.3 Å². The molecule has 0 radical (unpaired) electrons. The molecule has 0 aromatic heterocycles. The number of carbonyl (C=O) groups excluding carboxylic acids is 1. The first kappa shape index (κ1) is 21.8. The Balaban J connectivity index is 2.57. The van der Waals surface area contributed by atoms with Crippen LogP contribution in [0.25, 0.3) is 0 Å². The number of amides is 1. The number of nitro groups is 1. The standard InChI is InChI=1S/C18H26FN3O6/c1-17(2,3)18(28-16(20)24,15(23)11-22(25)26)12-4-5-14(13(19)10-12)21-6-8-27-9-7-21/h4-5,10,15,23H,6-9,11H2,1-3H3,(H2,20,24)/t15?,18-/m0/s1. The summed E-state index contributed by atoms with van der Waals surface area (Å²) in [6, 6.07) is 4.12. The molecule has 1 fully saturated rings. The molecule has 2 atom stereocenters. The van der Waals surface area contributed by atoms with E-state index < -0.39 is 40.5 Å². The van der Waals surface area contributed by atoms with Gasteiger partial charge in [0.25, 0.3) is 0 Å². The van der Waals surface area contributed by atoms with Gasteiger partial charge in [0, 0.05) is 29.0 Å². The van der Waals surface area contributed by atoms with Crippen LogP contribution in [0.4, 0.5) is 14.9 Å². The highest BCUT2D eigenvalue weighted by molar-refractivity contribution is 5.66. The van der Waals surface area contributed by atoms with Crippen LogP contribution in [0.1, 0.15) is 26.3 Å². The van der Waals surface area contributed by atoms with Gasteiger partial charge < -0.3 is 25.2 Å². The molecule has 2 rings (SSSR count). The van der Waals surface area contributed by atoms with Crippen molar-refractivity contribution in [1.82, 2.24) is 0 Å². The molecule has 156 valence electrons. The largest absolute Gasteiger partial charge is 0.435 e. The average molecular weight is 399 g/mol. The maximum atomic E-state index is 14.9. The van der Waals surface area contributed by atoms with Crippen molar-refractivity contribution in [2.75, 3.05) is 37.7 Å². The first-order valence-electron chi connectivity index (χ1n) is 8.90. The van der Waals surface area contributed by atoms with Crippen molar-refractivity contribution in [3.63, 3.8) is 0 Å². The lowest BCUT2D eigenvalue weighted by molar-refractivity contribution is -0.497. The van der Waals surface area contributed by atoms with E-state index in [9.17, 15) is 24.4 Å². The number of hydrogen-bond acceptors (Lipinski definition) is 7. The number of primary amides is 1. The number of aliphatic hydroxyl groups is 1. The summed E-state index contributed by atoms with van der Waals surface area (Å²) in [7, 11) is 0. The molecule has 1 aliphatic rings. The molecule has 1 heterocycles. The number of benzene rings is 1. The number of ether oxygens (including phenoxy) is 2. The number of nitrogens with two attached hydrogens (primary N) is 1. The van der Waals surface area contributed by atoms with Crippen molar-refractivity contribution >= 4 is 11.8 Å². The fourth-order valence-corrected chi connectivity index (χ4v) is 3.63. The van der Waals surface area contributed by atoms with Crippen LogP contribution in [-0.2, 0) is 15.1 Å². The lowest BCUT2D eigenvalue weighted by Gasteiger charge is -2.45. The Hall–Kier alpha value is -2.46. The number of anilines is 1. The van der Waals surface area contributed by atoms with Crippen LogP contribution in [0.5, 0.6) is 0 Å². The van der Waals surface area contributed by atoms with Gasteiger partial charge in [0.15, 0.2) is 11.7 Å². The minimum Gasteiger partial charge on any atom is -0.435 e. The molecule has 1 unspecified atom stereocenters. The van der Waals surface area contributed by atoms with Gasteiger partial charge in [-0.2, -0.15) is 0 Å². The van der Waals surface area contributed by atoms with Crippen molar-refractivity contribution in [1.29, 1.82) is 0 Å². The van der Waals surface area contributed by atoms with E-state index in [0.717, 1.165) is 6.07 Å². The van der Waals surface area contributed by atoms with E-state index in [1.165, 1.54) is 12.1 Å². The zero-order valence-electron chi connectivity index (χ0n) is 16.2. The van der Waals surface area contributed by atoms with Crippen molar-refractivity contribution in [2.24, 2.45) is 11.1 Å². The van der Waals surface area contributed by atoms with Gasteiger partial charge in [-0.15, -0.1) is 0 Å². The summed E-state index contributed by atoms with van der Waals surface area (Å²) in [5.74, 6) is -0.602. The summed E-state index contributed by atoms with van der Waals surface area (Å²) < 4.78 is 25.5.